The molecule has 9 aromatic rings. The Kier molecular flexibility index (Phi) is 15.0. The average Bonchev–Trinajstić information content (AvgIpc) is 3.98. The highest BCUT2D eigenvalue weighted by atomic mass is 35.5. The molecule has 2 aromatic heterocycles. The number of alkyl halides is 3. The van der Waals surface area contributed by atoms with Gasteiger partial charge in [-0.3, -0.25) is 0 Å². The first-order valence-electron chi connectivity index (χ1n) is 21.3. The maximum Gasteiger partial charge on any atom is 0.416 e. The lowest BCUT2D eigenvalue weighted by molar-refractivity contribution is -0.137. The topological polar surface area (TPSA) is 83.8 Å². The second kappa shape index (κ2) is 21.4. The molecule has 0 spiro atoms. The molecule has 2 N–H and O–H groups in total. The van der Waals surface area contributed by atoms with Gasteiger partial charge >= 0.3 is 12.1 Å². The zero-order valence-corrected chi connectivity index (χ0v) is 39.5. The third-order valence-electron chi connectivity index (χ3n) is 11.0. The quantitative estimate of drug-likeness (QED) is 0.135. The van der Waals surface area contributed by atoms with Crippen LogP contribution in [0.5, 0.6) is 0 Å². The Balaban J connectivity index is 0.000000200. The predicted octanol–water partition coefficient (Wildman–Crippen LogP) is 17.0. The van der Waals surface area contributed by atoms with Crippen LogP contribution in [0.15, 0.2) is 170 Å². The molecule has 0 bridgehead atoms. The lowest BCUT2D eigenvalue weighted by atomic mass is 10.0. The van der Waals surface area contributed by atoms with Crippen molar-refractivity contribution < 1.29 is 23.1 Å². The van der Waals surface area contributed by atoms with Gasteiger partial charge in [-0.1, -0.05) is 161 Å². The average molecular weight is 999 g/mol. The number of benzene rings is 7. The number of aromatic amines is 1. The van der Waals surface area contributed by atoms with Gasteiger partial charge in [0.15, 0.2) is 0 Å². The molecule has 0 radical (unpaired) electrons. The molecule has 69 heavy (non-hydrogen) atoms. The van der Waals surface area contributed by atoms with E-state index in [0.29, 0.717) is 49.3 Å². The molecule has 0 aliphatic carbocycles. The van der Waals surface area contributed by atoms with Crippen LogP contribution in [0.4, 0.5) is 13.2 Å². The molecule has 0 unspecified atom stereocenters. The Morgan fingerprint density at radius 2 is 1.14 bits per heavy atom. The monoisotopic (exact) mass is 996 g/mol. The number of aromatic nitrogens is 4. The van der Waals surface area contributed by atoms with E-state index in [2.05, 4.69) is 65.4 Å². The largest absolute Gasteiger partial charge is 0.478 e. The number of nitrogens with one attached hydrogen (secondary N) is 1. The molecule has 13 heteroatoms. The highest BCUT2D eigenvalue weighted by Gasteiger charge is 2.30. The minimum Gasteiger partial charge on any atom is -0.478 e. The summed E-state index contributed by atoms with van der Waals surface area (Å²) in [5.74, 6) is 0.413. The Morgan fingerprint density at radius 3 is 1.67 bits per heavy atom. The number of aromatic carboxylic acids is 1. The normalized spacial score (nSPS) is 11.5. The van der Waals surface area contributed by atoms with Gasteiger partial charge in [0.25, 0.3) is 0 Å². The van der Waals surface area contributed by atoms with E-state index < -0.39 is 17.7 Å². The zero-order valence-electron chi connectivity index (χ0n) is 36.5. The third-order valence-corrected chi connectivity index (χ3v) is 12.1. The van der Waals surface area contributed by atoms with Crippen molar-refractivity contribution in [2.45, 2.75) is 19.6 Å². The van der Waals surface area contributed by atoms with Gasteiger partial charge in [0.05, 0.1) is 38.8 Å². The van der Waals surface area contributed by atoms with Crippen LogP contribution in [0, 0.1) is 6.92 Å². The minimum absolute atomic E-state index is 0.202. The highest BCUT2D eigenvalue weighted by molar-refractivity contribution is 6.37. The number of aryl methyl sites for hydroxylation is 1. The fourth-order valence-electron chi connectivity index (χ4n) is 7.25. The first kappa shape index (κ1) is 48.3. The standard InChI is InChI=1S/C32H21Cl2F3N2O2.C24H18Cl2N2/c33-26-14-15-27(28(34)17-26)29-19-39(18-21-3-8-24(9-4-21)31(40)41)30(38-29)16-5-20-1-6-22(7-2-20)23-10-12-25(13-11-23)32(35,36)37;1-16-2-7-18(8-3-16)19-9-4-17(5-10-19)6-13-24-27-15-23(28-24)21-12-11-20(25)14-22(21)26/h1-17,19H,18H2,(H,40,41);2-15H,1H3,(H,27,28)/b16-5+;13-6+. The van der Waals surface area contributed by atoms with Gasteiger partial charge in [0.1, 0.15) is 11.6 Å². The zero-order chi connectivity index (χ0) is 48.7. The lowest BCUT2D eigenvalue weighted by Crippen LogP contribution is -2.03. The SMILES string of the molecule is Cc1ccc(-c2ccc(/C=C/c3ncc(-c4ccc(Cl)cc4Cl)[nH]3)cc2)cc1.O=C(O)c1ccc(Cn2cc(-c3ccc(Cl)cc3Cl)nc2/C=C/c2ccc(-c3ccc(C(F)(F)F)cc3)cc2)cc1. The van der Waals surface area contributed by atoms with E-state index in [9.17, 15) is 23.1 Å². The van der Waals surface area contributed by atoms with Crippen molar-refractivity contribution in [1.82, 2.24) is 19.5 Å². The summed E-state index contributed by atoms with van der Waals surface area (Å²) in [5.41, 5.74) is 10.6. The van der Waals surface area contributed by atoms with Crippen molar-refractivity contribution in [1.29, 1.82) is 0 Å². The summed E-state index contributed by atoms with van der Waals surface area (Å²) >= 11 is 24.7. The van der Waals surface area contributed by atoms with E-state index in [1.54, 1.807) is 54.7 Å². The number of hydrogen-bond acceptors (Lipinski definition) is 3. The van der Waals surface area contributed by atoms with Gasteiger partial charge in [0, 0.05) is 33.9 Å². The van der Waals surface area contributed by atoms with Crippen LogP contribution in [-0.2, 0) is 12.7 Å². The lowest BCUT2D eigenvalue weighted by Gasteiger charge is -2.08. The van der Waals surface area contributed by atoms with Crippen LogP contribution < -0.4 is 0 Å². The number of nitrogens with zero attached hydrogens (tertiary/aromatic N) is 3. The molecule has 6 nitrogen and oxygen atoms in total. The third kappa shape index (κ3) is 12.5. The number of imidazole rings is 2. The number of halogens is 7. The second-order valence-corrected chi connectivity index (χ2v) is 17.6. The van der Waals surface area contributed by atoms with E-state index >= 15 is 0 Å². The molecule has 9 rings (SSSR count). The summed E-state index contributed by atoms with van der Waals surface area (Å²) in [6.45, 7) is 2.53. The Bertz CT molecular complexity index is 3290. The molecule has 0 aliphatic heterocycles. The molecule has 0 amide bonds. The Hall–Kier alpha value is -7.14. The van der Waals surface area contributed by atoms with Gasteiger partial charge in [-0.2, -0.15) is 13.2 Å². The van der Waals surface area contributed by atoms with E-state index in [-0.39, 0.29) is 5.56 Å². The molecule has 0 atom stereocenters. The van der Waals surface area contributed by atoms with Crippen LogP contribution in [0.1, 0.15) is 49.8 Å². The molecule has 7 aromatic carbocycles. The van der Waals surface area contributed by atoms with Crippen molar-refractivity contribution in [3.05, 3.63) is 235 Å². The first-order valence-corrected chi connectivity index (χ1v) is 22.8. The molecule has 0 fully saturated rings. The summed E-state index contributed by atoms with van der Waals surface area (Å²) < 4.78 is 40.6. The van der Waals surface area contributed by atoms with Crippen LogP contribution in [0.2, 0.25) is 20.1 Å². The predicted molar refractivity (Wildman–Crippen MR) is 276 cm³/mol. The van der Waals surface area contributed by atoms with Crippen molar-refractivity contribution >= 4 is 76.7 Å². The van der Waals surface area contributed by atoms with Crippen molar-refractivity contribution in [3.63, 3.8) is 0 Å². The number of carboxylic acid groups (broad SMARTS) is 1. The highest BCUT2D eigenvalue weighted by Crippen LogP contribution is 2.33. The number of carboxylic acids is 1. The van der Waals surface area contributed by atoms with Crippen molar-refractivity contribution in [2.24, 2.45) is 0 Å². The first-order chi connectivity index (χ1) is 33.1. The molecule has 0 saturated carbocycles. The summed E-state index contributed by atoms with van der Waals surface area (Å²) in [6, 6.07) is 46.7. The van der Waals surface area contributed by atoms with Crippen LogP contribution in [0.3, 0.4) is 0 Å². The molecule has 0 saturated heterocycles. The number of carbonyl (C=O) groups is 1. The minimum atomic E-state index is -4.38. The smallest absolute Gasteiger partial charge is 0.416 e. The molecular weight excluding hydrogens is 959 g/mol. The molecule has 2 heterocycles. The maximum absolute atomic E-state index is 12.9. The Morgan fingerprint density at radius 1 is 0.638 bits per heavy atom. The molecule has 344 valence electrons. The van der Waals surface area contributed by atoms with Gasteiger partial charge in [-0.05, 0) is 119 Å². The van der Waals surface area contributed by atoms with E-state index in [0.717, 1.165) is 51.5 Å². The van der Waals surface area contributed by atoms with Crippen LogP contribution in [0.25, 0.3) is 69.1 Å². The summed E-state index contributed by atoms with van der Waals surface area (Å²) in [7, 11) is 0. The number of hydrogen-bond donors (Lipinski definition) is 2. The Labute approximate surface area is 416 Å². The van der Waals surface area contributed by atoms with Crippen LogP contribution in [-0.4, -0.2) is 30.6 Å². The van der Waals surface area contributed by atoms with E-state index in [4.69, 9.17) is 51.4 Å². The van der Waals surface area contributed by atoms with E-state index in [1.165, 1.54) is 28.8 Å². The van der Waals surface area contributed by atoms with E-state index in [1.807, 2.05) is 71.5 Å². The van der Waals surface area contributed by atoms with Gasteiger partial charge in [0.2, 0.25) is 0 Å². The number of rotatable bonds is 11. The van der Waals surface area contributed by atoms with Gasteiger partial charge < -0.3 is 14.7 Å². The summed E-state index contributed by atoms with van der Waals surface area (Å²) in [4.78, 5) is 23.7. The maximum atomic E-state index is 12.9. The van der Waals surface area contributed by atoms with Gasteiger partial charge in [-0.25, -0.2) is 14.8 Å². The molecule has 0 aliphatic rings. The van der Waals surface area contributed by atoms with Crippen molar-refractivity contribution in [3.8, 4) is 44.8 Å². The molecular formula is C56H39Cl4F3N4O2. The number of H-pyrrole nitrogens is 1. The fraction of sp³-hybridized carbons (Fsp3) is 0.0536. The summed E-state index contributed by atoms with van der Waals surface area (Å²) in [6.07, 6.45) is 6.99. The second-order valence-electron chi connectivity index (χ2n) is 15.9. The van der Waals surface area contributed by atoms with Crippen LogP contribution >= 0.6 is 46.4 Å². The van der Waals surface area contributed by atoms with Gasteiger partial charge in [-0.15, -0.1) is 0 Å². The van der Waals surface area contributed by atoms with Crippen molar-refractivity contribution in [2.75, 3.05) is 0 Å². The fourth-order valence-corrected chi connectivity index (χ4v) is 8.26. The summed E-state index contributed by atoms with van der Waals surface area (Å²) in [5, 5.41) is 11.4.